The number of aromatic carboxylic acids is 1. The summed E-state index contributed by atoms with van der Waals surface area (Å²) >= 11 is 5.86. The number of aromatic nitrogens is 1. The molecule has 0 aliphatic heterocycles. The maximum atomic E-state index is 11.9. The smallest absolute Gasteiger partial charge is 0.335 e. The quantitative estimate of drug-likeness (QED) is 0.591. The maximum Gasteiger partial charge on any atom is 0.335 e. The normalized spacial score (nSPS) is 10.1. The van der Waals surface area contributed by atoms with E-state index in [1.807, 2.05) is 0 Å². The van der Waals surface area contributed by atoms with Crippen molar-refractivity contribution in [3.05, 3.63) is 56.9 Å². The lowest BCUT2D eigenvalue weighted by molar-refractivity contribution is -0.384. The summed E-state index contributed by atoms with van der Waals surface area (Å²) in [6.07, 6.45) is 1.09. The van der Waals surface area contributed by atoms with Crippen LogP contribution >= 0.6 is 11.6 Å². The van der Waals surface area contributed by atoms with Crippen LogP contribution in [-0.2, 0) is 0 Å². The highest BCUT2D eigenvalue weighted by atomic mass is 35.5. The minimum absolute atomic E-state index is 0.0138. The summed E-state index contributed by atoms with van der Waals surface area (Å²) < 4.78 is 0. The Labute approximate surface area is 122 Å². The topological polar surface area (TPSA) is 125 Å². The number of nitrogens with one attached hydrogen (secondary N) is 2. The molecule has 0 spiro atoms. The van der Waals surface area contributed by atoms with Crippen molar-refractivity contribution in [1.82, 2.24) is 4.98 Å². The molecule has 0 aliphatic carbocycles. The number of rotatable bonds is 4. The van der Waals surface area contributed by atoms with Gasteiger partial charge < -0.3 is 15.4 Å². The second-order valence-electron chi connectivity index (χ2n) is 3.98. The molecule has 0 saturated carbocycles. The standard InChI is InChI=1S/C12H8ClN3O5/c13-8-3-6(12(18)19)1-2-9(8)15-11(17)10-4-7(5-14-10)16(20)21/h1-5,14H,(H,15,17)(H,18,19). The zero-order valence-corrected chi connectivity index (χ0v) is 11.0. The predicted octanol–water partition coefficient (Wildman–Crippen LogP) is 2.53. The molecule has 0 fully saturated rings. The van der Waals surface area contributed by atoms with Crippen molar-refractivity contribution in [2.75, 3.05) is 5.32 Å². The minimum Gasteiger partial charge on any atom is -0.478 e. The van der Waals surface area contributed by atoms with Gasteiger partial charge in [0.05, 0.1) is 27.4 Å². The molecule has 1 heterocycles. The summed E-state index contributed by atoms with van der Waals surface area (Å²) in [5.74, 6) is -1.78. The number of hydrogen-bond donors (Lipinski definition) is 3. The molecule has 8 nitrogen and oxygen atoms in total. The predicted molar refractivity (Wildman–Crippen MR) is 73.8 cm³/mol. The van der Waals surface area contributed by atoms with Crippen molar-refractivity contribution in [2.45, 2.75) is 0 Å². The van der Waals surface area contributed by atoms with Crippen LogP contribution in [-0.4, -0.2) is 26.9 Å². The molecule has 3 N–H and O–H groups in total. The Kier molecular flexibility index (Phi) is 3.90. The zero-order chi connectivity index (χ0) is 15.6. The van der Waals surface area contributed by atoms with Gasteiger partial charge in [-0.3, -0.25) is 14.9 Å². The van der Waals surface area contributed by atoms with E-state index in [0.717, 1.165) is 12.3 Å². The molecule has 0 radical (unpaired) electrons. The molecule has 2 aromatic rings. The van der Waals surface area contributed by atoms with E-state index in [2.05, 4.69) is 10.3 Å². The molecule has 1 aromatic carbocycles. The molecular weight excluding hydrogens is 302 g/mol. The molecule has 1 aromatic heterocycles. The average molecular weight is 310 g/mol. The van der Waals surface area contributed by atoms with Gasteiger partial charge >= 0.3 is 5.97 Å². The van der Waals surface area contributed by atoms with E-state index >= 15 is 0 Å². The second kappa shape index (κ2) is 5.63. The zero-order valence-electron chi connectivity index (χ0n) is 10.3. The van der Waals surface area contributed by atoms with Gasteiger partial charge in [0, 0.05) is 6.07 Å². The summed E-state index contributed by atoms with van der Waals surface area (Å²) in [7, 11) is 0. The second-order valence-corrected chi connectivity index (χ2v) is 4.39. The van der Waals surface area contributed by atoms with Crippen molar-refractivity contribution in [3.8, 4) is 0 Å². The Morgan fingerprint density at radius 2 is 2.05 bits per heavy atom. The molecule has 0 bridgehead atoms. The first kappa shape index (κ1) is 14.5. The number of hydrogen-bond acceptors (Lipinski definition) is 4. The van der Waals surface area contributed by atoms with Gasteiger partial charge in [-0.2, -0.15) is 0 Å². The van der Waals surface area contributed by atoms with Gasteiger partial charge in [0.15, 0.2) is 0 Å². The van der Waals surface area contributed by atoms with Gasteiger partial charge in [0.25, 0.3) is 11.6 Å². The number of amides is 1. The third kappa shape index (κ3) is 3.18. The molecule has 0 saturated heterocycles. The van der Waals surface area contributed by atoms with Crippen LogP contribution in [0.4, 0.5) is 11.4 Å². The van der Waals surface area contributed by atoms with Gasteiger partial charge in [-0.25, -0.2) is 4.79 Å². The molecule has 0 atom stereocenters. The monoisotopic (exact) mass is 309 g/mol. The highest BCUT2D eigenvalue weighted by Gasteiger charge is 2.16. The van der Waals surface area contributed by atoms with Crippen molar-refractivity contribution in [1.29, 1.82) is 0 Å². The number of halogens is 1. The number of carbonyl (C=O) groups is 2. The third-order valence-electron chi connectivity index (χ3n) is 2.59. The lowest BCUT2D eigenvalue weighted by Crippen LogP contribution is -2.12. The fourth-order valence-electron chi connectivity index (χ4n) is 1.56. The number of carboxylic acid groups (broad SMARTS) is 1. The third-order valence-corrected chi connectivity index (χ3v) is 2.90. The highest BCUT2D eigenvalue weighted by Crippen LogP contribution is 2.24. The molecular formula is C12H8ClN3O5. The first-order chi connectivity index (χ1) is 9.88. The van der Waals surface area contributed by atoms with Gasteiger partial charge in [-0.1, -0.05) is 11.6 Å². The number of carbonyl (C=O) groups excluding carboxylic acids is 1. The summed E-state index contributed by atoms with van der Waals surface area (Å²) in [4.78, 5) is 35.0. The van der Waals surface area contributed by atoms with Crippen LogP contribution < -0.4 is 5.32 Å². The Morgan fingerprint density at radius 3 is 2.57 bits per heavy atom. The first-order valence-electron chi connectivity index (χ1n) is 5.55. The van der Waals surface area contributed by atoms with E-state index in [-0.39, 0.29) is 27.7 Å². The minimum atomic E-state index is -1.14. The summed E-state index contributed by atoms with van der Waals surface area (Å²) in [5, 5.41) is 21.8. The lowest BCUT2D eigenvalue weighted by atomic mass is 10.2. The average Bonchev–Trinajstić information content (AvgIpc) is 2.90. The largest absolute Gasteiger partial charge is 0.478 e. The summed E-state index contributed by atoms with van der Waals surface area (Å²) in [6, 6.07) is 4.88. The van der Waals surface area contributed by atoms with Crippen LogP contribution in [0.5, 0.6) is 0 Å². The maximum absolute atomic E-state index is 11.9. The summed E-state index contributed by atoms with van der Waals surface area (Å²) in [5.41, 5.74) is -0.0787. The SMILES string of the molecule is O=C(O)c1ccc(NC(=O)c2cc([N+](=O)[O-])c[nH]2)c(Cl)c1. The lowest BCUT2D eigenvalue weighted by Gasteiger charge is -2.06. The van der Waals surface area contributed by atoms with Gasteiger partial charge in [-0.15, -0.1) is 0 Å². The van der Waals surface area contributed by atoms with Gasteiger partial charge in [0.1, 0.15) is 5.69 Å². The van der Waals surface area contributed by atoms with Gasteiger partial charge in [-0.05, 0) is 18.2 Å². The number of anilines is 1. The molecule has 0 aliphatic rings. The highest BCUT2D eigenvalue weighted by molar-refractivity contribution is 6.34. The fraction of sp³-hybridized carbons (Fsp3) is 0. The molecule has 2 rings (SSSR count). The molecule has 108 valence electrons. The molecule has 1 amide bonds. The fourth-order valence-corrected chi connectivity index (χ4v) is 1.79. The van der Waals surface area contributed by atoms with E-state index in [0.29, 0.717) is 0 Å². The summed E-state index contributed by atoms with van der Waals surface area (Å²) in [6.45, 7) is 0. The molecule has 0 unspecified atom stereocenters. The Bertz CT molecular complexity index is 740. The van der Waals surface area contributed by atoms with E-state index in [9.17, 15) is 19.7 Å². The number of nitrogens with zero attached hydrogens (tertiary/aromatic N) is 1. The Hall–Kier alpha value is -2.87. The number of H-pyrrole nitrogens is 1. The Balaban J connectivity index is 2.19. The van der Waals surface area contributed by atoms with Crippen molar-refractivity contribution in [2.24, 2.45) is 0 Å². The van der Waals surface area contributed by atoms with Crippen LogP contribution in [0.25, 0.3) is 0 Å². The number of aromatic amines is 1. The number of benzene rings is 1. The van der Waals surface area contributed by atoms with Crippen LogP contribution in [0.2, 0.25) is 5.02 Å². The first-order valence-corrected chi connectivity index (χ1v) is 5.93. The van der Waals surface area contributed by atoms with E-state index in [4.69, 9.17) is 16.7 Å². The molecule has 21 heavy (non-hydrogen) atoms. The van der Waals surface area contributed by atoms with Crippen LogP contribution in [0, 0.1) is 10.1 Å². The number of carboxylic acids is 1. The van der Waals surface area contributed by atoms with Crippen molar-refractivity contribution < 1.29 is 19.6 Å². The molecule has 9 heteroatoms. The van der Waals surface area contributed by atoms with Crippen molar-refractivity contribution >= 4 is 34.9 Å². The Morgan fingerprint density at radius 1 is 1.33 bits per heavy atom. The van der Waals surface area contributed by atoms with Crippen LogP contribution in [0.3, 0.4) is 0 Å². The van der Waals surface area contributed by atoms with Gasteiger partial charge in [0.2, 0.25) is 0 Å². The number of nitro groups is 1. The van der Waals surface area contributed by atoms with E-state index in [1.54, 1.807) is 0 Å². The van der Waals surface area contributed by atoms with Crippen LogP contribution in [0.1, 0.15) is 20.8 Å². The van der Waals surface area contributed by atoms with Crippen LogP contribution in [0.15, 0.2) is 30.5 Å². The van der Waals surface area contributed by atoms with E-state index in [1.165, 1.54) is 18.2 Å². The van der Waals surface area contributed by atoms with E-state index < -0.39 is 16.8 Å². The van der Waals surface area contributed by atoms with Crippen molar-refractivity contribution in [3.63, 3.8) is 0 Å².